The number of nitrogens with one attached hydrogen (secondary N) is 1. The molecular formula is C9H18N2OS2. The van der Waals surface area contributed by atoms with Gasteiger partial charge in [-0.3, -0.25) is 4.79 Å². The van der Waals surface area contributed by atoms with Crippen LogP contribution in [0.15, 0.2) is 0 Å². The van der Waals surface area contributed by atoms with Crippen LogP contribution in [0.3, 0.4) is 0 Å². The first-order chi connectivity index (χ1) is 6.50. The topological polar surface area (TPSA) is 55.1 Å². The summed E-state index contributed by atoms with van der Waals surface area (Å²) >= 11 is 3.90. The molecule has 82 valence electrons. The third-order valence-electron chi connectivity index (χ3n) is 1.96. The molecule has 1 unspecified atom stereocenters. The molecule has 5 heteroatoms. The van der Waals surface area contributed by atoms with E-state index in [9.17, 15) is 4.79 Å². The van der Waals surface area contributed by atoms with Crippen molar-refractivity contribution < 1.29 is 4.79 Å². The Labute approximate surface area is 94.0 Å². The molecular weight excluding hydrogens is 216 g/mol. The number of rotatable bonds is 3. The third-order valence-corrected chi connectivity index (χ3v) is 4.81. The maximum atomic E-state index is 11.5. The zero-order chi connectivity index (χ0) is 10.6. The summed E-state index contributed by atoms with van der Waals surface area (Å²) in [5.74, 6) is 3.50. The number of hydrogen-bond acceptors (Lipinski definition) is 4. The molecule has 0 saturated carbocycles. The van der Waals surface area contributed by atoms with Crippen LogP contribution < -0.4 is 11.1 Å². The predicted molar refractivity (Wildman–Crippen MR) is 64.8 cm³/mol. The van der Waals surface area contributed by atoms with Crippen LogP contribution in [0, 0.1) is 0 Å². The van der Waals surface area contributed by atoms with E-state index in [0.29, 0.717) is 5.25 Å². The van der Waals surface area contributed by atoms with Crippen LogP contribution in [0.2, 0.25) is 0 Å². The standard InChI is InChI=1S/C9H18N2OS2/c1-9(2,10)8(12)11-5-7-6-13-3-4-14-7/h7H,3-6,10H2,1-2H3,(H,11,12). The lowest BCUT2D eigenvalue weighted by Gasteiger charge is -2.23. The van der Waals surface area contributed by atoms with E-state index in [4.69, 9.17) is 5.73 Å². The van der Waals surface area contributed by atoms with Gasteiger partial charge in [0.2, 0.25) is 5.91 Å². The molecule has 3 nitrogen and oxygen atoms in total. The average molecular weight is 234 g/mol. The van der Waals surface area contributed by atoms with E-state index in [2.05, 4.69) is 5.32 Å². The Bertz CT molecular complexity index is 197. The maximum absolute atomic E-state index is 11.5. The molecule has 1 aliphatic rings. The SMILES string of the molecule is CC(C)(N)C(=O)NCC1CSCCS1. The van der Waals surface area contributed by atoms with Gasteiger partial charge in [-0.05, 0) is 13.8 Å². The molecule has 1 aliphatic heterocycles. The first-order valence-electron chi connectivity index (χ1n) is 4.76. The van der Waals surface area contributed by atoms with Gasteiger partial charge in [0.15, 0.2) is 0 Å². The molecule has 0 aromatic rings. The first-order valence-corrected chi connectivity index (χ1v) is 6.97. The molecule has 0 aliphatic carbocycles. The van der Waals surface area contributed by atoms with Crippen molar-refractivity contribution in [2.75, 3.05) is 23.8 Å². The quantitative estimate of drug-likeness (QED) is 0.754. The normalized spacial score (nSPS) is 23.2. The fourth-order valence-corrected chi connectivity index (χ4v) is 3.70. The molecule has 1 fully saturated rings. The second-order valence-corrected chi connectivity index (χ2v) is 6.56. The zero-order valence-electron chi connectivity index (χ0n) is 8.71. The van der Waals surface area contributed by atoms with Crippen molar-refractivity contribution in [3.8, 4) is 0 Å². The summed E-state index contributed by atoms with van der Waals surface area (Å²) in [4.78, 5) is 11.5. The number of nitrogens with two attached hydrogens (primary N) is 1. The minimum absolute atomic E-state index is 0.0614. The summed E-state index contributed by atoms with van der Waals surface area (Å²) in [6.07, 6.45) is 0. The van der Waals surface area contributed by atoms with Crippen molar-refractivity contribution >= 4 is 29.4 Å². The van der Waals surface area contributed by atoms with Gasteiger partial charge in [-0.15, -0.1) is 0 Å². The largest absolute Gasteiger partial charge is 0.353 e. The van der Waals surface area contributed by atoms with E-state index in [1.165, 1.54) is 11.5 Å². The Balaban J connectivity index is 2.22. The summed E-state index contributed by atoms with van der Waals surface area (Å²) in [6.45, 7) is 4.20. The first kappa shape index (κ1) is 12.2. The van der Waals surface area contributed by atoms with Crippen molar-refractivity contribution in [2.45, 2.75) is 24.6 Å². The van der Waals surface area contributed by atoms with Crippen LogP contribution in [0.1, 0.15) is 13.8 Å². The molecule has 0 bridgehead atoms. The van der Waals surface area contributed by atoms with Crippen LogP contribution in [0.4, 0.5) is 0 Å². The summed E-state index contributed by atoms with van der Waals surface area (Å²) < 4.78 is 0. The van der Waals surface area contributed by atoms with E-state index in [-0.39, 0.29) is 5.91 Å². The Hall–Kier alpha value is 0.130. The molecule has 1 rings (SSSR count). The Morgan fingerprint density at radius 1 is 1.57 bits per heavy atom. The molecule has 1 heterocycles. The van der Waals surface area contributed by atoms with Gasteiger partial charge in [0.25, 0.3) is 0 Å². The van der Waals surface area contributed by atoms with E-state index >= 15 is 0 Å². The van der Waals surface area contributed by atoms with Crippen LogP contribution in [0.5, 0.6) is 0 Å². The van der Waals surface area contributed by atoms with Crippen LogP contribution in [-0.4, -0.2) is 40.5 Å². The van der Waals surface area contributed by atoms with E-state index in [1.807, 2.05) is 23.5 Å². The van der Waals surface area contributed by atoms with E-state index < -0.39 is 5.54 Å². The average Bonchev–Trinajstić information content (AvgIpc) is 2.14. The van der Waals surface area contributed by atoms with Gasteiger partial charge >= 0.3 is 0 Å². The molecule has 1 atom stereocenters. The molecule has 3 N–H and O–H groups in total. The van der Waals surface area contributed by atoms with Crippen LogP contribution in [-0.2, 0) is 4.79 Å². The predicted octanol–water partition coefficient (Wildman–Crippen LogP) is 0.689. The fraction of sp³-hybridized carbons (Fsp3) is 0.889. The smallest absolute Gasteiger partial charge is 0.239 e. The number of amides is 1. The monoisotopic (exact) mass is 234 g/mol. The van der Waals surface area contributed by atoms with Gasteiger partial charge in [0.05, 0.1) is 5.54 Å². The van der Waals surface area contributed by atoms with Crippen LogP contribution in [0.25, 0.3) is 0 Å². The summed E-state index contributed by atoms with van der Waals surface area (Å²) in [7, 11) is 0. The van der Waals surface area contributed by atoms with Crippen LogP contribution >= 0.6 is 23.5 Å². The summed E-state index contributed by atoms with van der Waals surface area (Å²) in [6, 6.07) is 0. The zero-order valence-corrected chi connectivity index (χ0v) is 10.3. The fourth-order valence-electron chi connectivity index (χ4n) is 1.09. The molecule has 1 amide bonds. The lowest BCUT2D eigenvalue weighted by atomic mass is 10.1. The molecule has 0 radical (unpaired) electrons. The maximum Gasteiger partial charge on any atom is 0.239 e. The van der Waals surface area contributed by atoms with E-state index in [0.717, 1.165) is 12.3 Å². The highest BCUT2D eigenvalue weighted by Crippen LogP contribution is 2.23. The van der Waals surface area contributed by atoms with Crippen molar-refractivity contribution in [3.63, 3.8) is 0 Å². The van der Waals surface area contributed by atoms with Gasteiger partial charge in [-0.2, -0.15) is 23.5 Å². The highest BCUT2D eigenvalue weighted by molar-refractivity contribution is 8.06. The van der Waals surface area contributed by atoms with Gasteiger partial charge < -0.3 is 11.1 Å². The lowest BCUT2D eigenvalue weighted by Crippen LogP contribution is -2.50. The van der Waals surface area contributed by atoms with Gasteiger partial charge in [0.1, 0.15) is 0 Å². The van der Waals surface area contributed by atoms with Gasteiger partial charge in [0, 0.05) is 29.1 Å². The number of carbonyl (C=O) groups is 1. The number of hydrogen-bond donors (Lipinski definition) is 2. The molecule has 0 aromatic carbocycles. The second kappa shape index (κ2) is 5.28. The Kier molecular flexibility index (Phi) is 4.60. The van der Waals surface area contributed by atoms with Crippen molar-refractivity contribution in [3.05, 3.63) is 0 Å². The third kappa shape index (κ3) is 4.11. The Morgan fingerprint density at radius 2 is 2.29 bits per heavy atom. The molecule has 0 aromatic heterocycles. The van der Waals surface area contributed by atoms with Crippen molar-refractivity contribution in [1.82, 2.24) is 5.32 Å². The number of thioether (sulfide) groups is 2. The summed E-state index contributed by atoms with van der Waals surface area (Å²) in [5, 5.41) is 3.45. The van der Waals surface area contributed by atoms with Gasteiger partial charge in [-0.1, -0.05) is 0 Å². The van der Waals surface area contributed by atoms with E-state index in [1.54, 1.807) is 13.8 Å². The van der Waals surface area contributed by atoms with Gasteiger partial charge in [-0.25, -0.2) is 0 Å². The van der Waals surface area contributed by atoms with Crippen molar-refractivity contribution in [2.24, 2.45) is 5.73 Å². The highest BCUT2D eigenvalue weighted by atomic mass is 32.2. The lowest BCUT2D eigenvalue weighted by molar-refractivity contribution is -0.125. The minimum atomic E-state index is -0.757. The highest BCUT2D eigenvalue weighted by Gasteiger charge is 2.23. The minimum Gasteiger partial charge on any atom is -0.353 e. The Morgan fingerprint density at radius 3 is 2.79 bits per heavy atom. The van der Waals surface area contributed by atoms with Crippen molar-refractivity contribution in [1.29, 1.82) is 0 Å². The molecule has 0 spiro atoms. The second-order valence-electron chi connectivity index (χ2n) is 4.00. The number of carbonyl (C=O) groups excluding carboxylic acids is 1. The molecule has 1 saturated heterocycles. The molecule has 14 heavy (non-hydrogen) atoms. The summed E-state index contributed by atoms with van der Waals surface area (Å²) in [5.41, 5.74) is 4.91.